The number of hydrogen-bond donors (Lipinski definition) is 1. The number of benzene rings is 4. The molecule has 0 aliphatic carbocycles. The number of hydrogen-bond acceptors (Lipinski definition) is 5. The molecular weight excluding hydrogens is 706 g/mol. The zero-order valence-corrected chi connectivity index (χ0v) is 29.4. The second kappa shape index (κ2) is 16.4. The molecule has 1 heterocycles. The first kappa shape index (κ1) is 33.9. The molecular formula is C38H39Br2N3O3. The molecule has 8 heteroatoms. The van der Waals surface area contributed by atoms with Crippen LogP contribution in [-0.2, 0) is 16.0 Å². The van der Waals surface area contributed by atoms with Crippen LogP contribution in [0.25, 0.3) is 33.9 Å². The van der Waals surface area contributed by atoms with E-state index in [0.29, 0.717) is 57.9 Å². The van der Waals surface area contributed by atoms with Crippen molar-refractivity contribution in [3.05, 3.63) is 122 Å². The lowest BCUT2D eigenvalue weighted by Gasteiger charge is -2.15. The summed E-state index contributed by atoms with van der Waals surface area (Å²) in [6, 6.07) is 31.2. The van der Waals surface area contributed by atoms with E-state index in [4.69, 9.17) is 20.2 Å². The molecule has 0 spiro atoms. The fourth-order valence-electron chi connectivity index (χ4n) is 5.50. The van der Waals surface area contributed by atoms with Crippen LogP contribution in [0.2, 0.25) is 0 Å². The van der Waals surface area contributed by atoms with Crippen molar-refractivity contribution in [2.75, 3.05) is 33.0 Å². The van der Waals surface area contributed by atoms with Gasteiger partial charge in [0.1, 0.15) is 5.82 Å². The average molecular weight is 746 g/mol. The number of ether oxygens (including phenoxy) is 2. The van der Waals surface area contributed by atoms with E-state index in [-0.39, 0.29) is 5.78 Å². The van der Waals surface area contributed by atoms with Crippen molar-refractivity contribution < 1.29 is 14.3 Å². The molecule has 0 fully saturated rings. The van der Waals surface area contributed by atoms with Gasteiger partial charge in [-0.05, 0) is 62.2 Å². The number of aryl methyl sites for hydroxylation is 2. The third-order valence-electron chi connectivity index (χ3n) is 7.63. The average Bonchev–Trinajstić information content (AvgIpc) is 3.41. The Hall–Kier alpha value is -3.40. The van der Waals surface area contributed by atoms with E-state index < -0.39 is 0 Å². The predicted molar refractivity (Wildman–Crippen MR) is 193 cm³/mol. The van der Waals surface area contributed by atoms with E-state index in [9.17, 15) is 4.79 Å². The normalized spacial score (nSPS) is 11.2. The highest BCUT2D eigenvalue weighted by atomic mass is 79.9. The number of nitrogens with two attached hydrogens (primary N) is 1. The van der Waals surface area contributed by atoms with Crippen LogP contribution in [0.5, 0.6) is 0 Å². The topological polar surface area (TPSA) is 79.4 Å². The number of ketones is 1. The molecule has 4 aromatic carbocycles. The first-order valence-electron chi connectivity index (χ1n) is 15.5. The van der Waals surface area contributed by atoms with Gasteiger partial charge in [-0.3, -0.25) is 4.79 Å². The Morgan fingerprint density at radius 1 is 0.739 bits per heavy atom. The third kappa shape index (κ3) is 8.90. The zero-order valence-electron chi connectivity index (χ0n) is 26.3. The fraction of sp³-hybridized carbons (Fsp3) is 0.263. The van der Waals surface area contributed by atoms with Gasteiger partial charge in [-0.15, -0.1) is 0 Å². The minimum Gasteiger partial charge on any atom is -0.379 e. The Bertz CT molecular complexity index is 1730. The summed E-state index contributed by atoms with van der Waals surface area (Å²) in [6.45, 7) is 7.41. The molecule has 0 saturated heterocycles. The first-order valence-corrected chi connectivity index (χ1v) is 17.1. The number of halogens is 2. The minimum atomic E-state index is 0.112. The number of Topliss-reactive ketones (excluding diaryl/α,β-unsaturated/α-hetero) is 1. The highest BCUT2D eigenvalue weighted by molar-refractivity contribution is 9.10. The van der Waals surface area contributed by atoms with Gasteiger partial charge in [-0.2, -0.15) is 0 Å². The summed E-state index contributed by atoms with van der Waals surface area (Å²) in [5, 5.41) is 0. The summed E-state index contributed by atoms with van der Waals surface area (Å²) < 4.78 is 15.2. The fourth-order valence-corrected chi connectivity index (χ4v) is 6.03. The van der Waals surface area contributed by atoms with Crippen LogP contribution in [0, 0.1) is 13.8 Å². The Labute approximate surface area is 288 Å². The molecule has 2 N–H and O–H groups in total. The summed E-state index contributed by atoms with van der Waals surface area (Å²) >= 11 is 7.19. The van der Waals surface area contributed by atoms with E-state index in [1.54, 1.807) is 0 Å². The van der Waals surface area contributed by atoms with Crippen LogP contribution < -0.4 is 5.73 Å². The van der Waals surface area contributed by atoms with Crippen molar-refractivity contribution in [3.8, 4) is 33.9 Å². The van der Waals surface area contributed by atoms with Gasteiger partial charge in [-0.1, -0.05) is 97.6 Å². The van der Waals surface area contributed by atoms with Crippen LogP contribution >= 0.6 is 31.9 Å². The van der Waals surface area contributed by atoms with Crippen molar-refractivity contribution >= 4 is 37.6 Å². The number of carbonyl (C=O) groups excluding carboxylic acids is 1. The molecule has 0 amide bonds. The van der Waals surface area contributed by atoms with Crippen molar-refractivity contribution in [1.82, 2.24) is 9.55 Å². The van der Waals surface area contributed by atoms with Crippen LogP contribution in [0.15, 0.2) is 99.9 Å². The quantitative estimate of drug-likeness (QED) is 0.0855. The van der Waals surface area contributed by atoms with Gasteiger partial charge >= 0.3 is 0 Å². The van der Waals surface area contributed by atoms with E-state index in [1.807, 2.05) is 12.1 Å². The lowest BCUT2D eigenvalue weighted by atomic mass is 10.0. The molecule has 0 atom stereocenters. The van der Waals surface area contributed by atoms with E-state index in [1.165, 1.54) is 11.1 Å². The molecule has 0 unspecified atom stereocenters. The Morgan fingerprint density at radius 2 is 1.33 bits per heavy atom. The van der Waals surface area contributed by atoms with Crippen LogP contribution in [0.3, 0.4) is 0 Å². The van der Waals surface area contributed by atoms with Gasteiger partial charge in [0.2, 0.25) is 0 Å². The molecule has 238 valence electrons. The van der Waals surface area contributed by atoms with Crippen LogP contribution in [-0.4, -0.2) is 48.3 Å². The molecule has 6 nitrogen and oxygen atoms in total. The standard InChI is InChI=1S/C38H39Br2N3O3/c1-26-22-27(2)24-32(23-26)38-42-36(30-9-13-33(39)14-10-30)37(31-11-15-34(40)16-12-31)43(38)25-28-5-7-29(8-6-28)35(44)4-3-18-45-20-21-46-19-17-41/h5-16,22-24H,3-4,17-21,25,41H2,1-2H3. The lowest BCUT2D eigenvalue weighted by Crippen LogP contribution is -2.12. The largest absolute Gasteiger partial charge is 0.379 e. The maximum Gasteiger partial charge on any atom is 0.162 e. The smallest absolute Gasteiger partial charge is 0.162 e. The summed E-state index contributed by atoms with van der Waals surface area (Å²) in [5.74, 6) is 1.01. The molecule has 5 aromatic rings. The number of carbonyl (C=O) groups is 1. The number of aromatic nitrogens is 2. The van der Waals surface area contributed by atoms with E-state index >= 15 is 0 Å². The number of rotatable bonds is 15. The number of imidazole rings is 1. The zero-order chi connectivity index (χ0) is 32.5. The number of nitrogens with zero attached hydrogens (tertiary/aromatic N) is 2. The van der Waals surface area contributed by atoms with Gasteiger partial charge in [-0.25, -0.2) is 4.98 Å². The highest BCUT2D eigenvalue weighted by Crippen LogP contribution is 2.38. The second-order valence-electron chi connectivity index (χ2n) is 11.3. The van der Waals surface area contributed by atoms with Gasteiger partial charge in [0, 0.05) is 57.3 Å². The van der Waals surface area contributed by atoms with E-state index in [0.717, 1.165) is 48.4 Å². The minimum absolute atomic E-state index is 0.112. The molecule has 0 saturated carbocycles. The molecule has 0 radical (unpaired) electrons. The summed E-state index contributed by atoms with van der Waals surface area (Å²) in [6.07, 6.45) is 1.10. The molecule has 0 bridgehead atoms. The van der Waals surface area contributed by atoms with Gasteiger partial charge in [0.05, 0.1) is 31.2 Å². The van der Waals surface area contributed by atoms with Crippen molar-refractivity contribution in [3.63, 3.8) is 0 Å². The first-order chi connectivity index (χ1) is 22.3. The van der Waals surface area contributed by atoms with Crippen molar-refractivity contribution in [2.45, 2.75) is 33.2 Å². The molecule has 1 aromatic heterocycles. The van der Waals surface area contributed by atoms with E-state index in [2.05, 4.69) is 129 Å². The van der Waals surface area contributed by atoms with Crippen LogP contribution in [0.4, 0.5) is 0 Å². The SMILES string of the molecule is Cc1cc(C)cc(-c2nc(-c3ccc(Br)cc3)c(-c3ccc(Br)cc3)n2Cc2ccc(C(=O)CCCOCCOCCN)cc2)c1. The summed E-state index contributed by atoms with van der Waals surface area (Å²) in [5.41, 5.74) is 14.7. The summed E-state index contributed by atoms with van der Waals surface area (Å²) in [7, 11) is 0. The maximum atomic E-state index is 12.9. The second-order valence-corrected chi connectivity index (χ2v) is 13.2. The highest BCUT2D eigenvalue weighted by Gasteiger charge is 2.22. The Balaban J connectivity index is 1.45. The molecule has 0 aliphatic rings. The van der Waals surface area contributed by atoms with Crippen molar-refractivity contribution in [2.24, 2.45) is 5.73 Å². The van der Waals surface area contributed by atoms with Gasteiger partial charge in [0.25, 0.3) is 0 Å². The Morgan fingerprint density at radius 3 is 1.93 bits per heavy atom. The van der Waals surface area contributed by atoms with Gasteiger partial charge < -0.3 is 19.8 Å². The van der Waals surface area contributed by atoms with Crippen molar-refractivity contribution in [1.29, 1.82) is 0 Å². The van der Waals surface area contributed by atoms with Crippen LogP contribution in [0.1, 0.15) is 39.9 Å². The Kier molecular flexibility index (Phi) is 12.1. The lowest BCUT2D eigenvalue weighted by molar-refractivity contribution is 0.0489. The third-order valence-corrected chi connectivity index (χ3v) is 8.68. The molecule has 5 rings (SSSR count). The van der Waals surface area contributed by atoms with Gasteiger partial charge in [0.15, 0.2) is 5.78 Å². The molecule has 46 heavy (non-hydrogen) atoms. The monoisotopic (exact) mass is 743 g/mol. The predicted octanol–water partition coefficient (Wildman–Crippen LogP) is 9.03. The summed E-state index contributed by atoms with van der Waals surface area (Å²) in [4.78, 5) is 18.3. The maximum absolute atomic E-state index is 12.9. The molecule has 0 aliphatic heterocycles.